The molecule has 0 bridgehead atoms. The molecule has 2 N–H and O–H groups in total. The molecule has 4 amide bonds. The SMILES string of the molecule is Cn1c(=O)c2c(nc(S(C)(=O)=O)n2C)n(Cc2cn(CCOCCOCCOCCOCCOCCOCCNc3cccc4c3C(=O)N(C3CCC(=O)NC3=O)C4=O)nn2)c1=O. The van der Waals surface area contributed by atoms with E-state index in [1.54, 1.807) is 18.3 Å². The molecule has 2 aliphatic rings. The van der Waals surface area contributed by atoms with Gasteiger partial charge in [-0.1, -0.05) is 11.3 Å². The fourth-order valence-electron chi connectivity index (χ4n) is 6.85. The maximum atomic E-state index is 13.2. The van der Waals surface area contributed by atoms with Gasteiger partial charge in [0.2, 0.25) is 26.8 Å². The number of imidazole rings is 1. The van der Waals surface area contributed by atoms with Crippen LogP contribution in [-0.2, 0) is 75.0 Å². The van der Waals surface area contributed by atoms with Crippen LogP contribution in [0.3, 0.4) is 0 Å². The summed E-state index contributed by atoms with van der Waals surface area (Å²) >= 11 is 0. The molecule has 6 rings (SSSR count). The number of aryl methyl sites for hydroxylation is 1. The van der Waals surface area contributed by atoms with Crippen LogP contribution in [0.15, 0.2) is 39.1 Å². The van der Waals surface area contributed by atoms with E-state index < -0.39 is 50.8 Å². The molecule has 0 radical (unpaired) electrons. The Balaban J connectivity index is 0.739. The van der Waals surface area contributed by atoms with Crippen molar-refractivity contribution in [1.82, 2.24) is 43.9 Å². The molecule has 342 valence electrons. The summed E-state index contributed by atoms with van der Waals surface area (Å²) in [5, 5.41) is 13.1. The zero-order valence-electron chi connectivity index (χ0n) is 35.1. The van der Waals surface area contributed by atoms with Crippen LogP contribution in [0.25, 0.3) is 11.2 Å². The van der Waals surface area contributed by atoms with E-state index in [0.717, 1.165) is 20.3 Å². The first-order valence-corrected chi connectivity index (χ1v) is 22.0. The van der Waals surface area contributed by atoms with Crippen LogP contribution in [0.4, 0.5) is 5.69 Å². The summed E-state index contributed by atoms with van der Waals surface area (Å²) in [6.07, 6.45) is 2.73. The summed E-state index contributed by atoms with van der Waals surface area (Å²) < 4.78 is 62.5. The minimum atomic E-state index is -3.77. The van der Waals surface area contributed by atoms with Gasteiger partial charge in [-0.25, -0.2) is 17.9 Å². The zero-order valence-corrected chi connectivity index (χ0v) is 35.9. The number of carbonyl (C=O) groups excluding carboxylic acids is 4. The molecule has 0 spiro atoms. The van der Waals surface area contributed by atoms with Gasteiger partial charge in [-0.05, 0) is 18.6 Å². The predicted octanol–water partition coefficient (Wildman–Crippen LogP) is -1.91. The number of fused-ring (bicyclic) bond motifs is 2. The van der Waals surface area contributed by atoms with Crippen LogP contribution >= 0.6 is 0 Å². The molecule has 3 aromatic heterocycles. The lowest BCUT2D eigenvalue weighted by molar-refractivity contribution is -0.136. The molecule has 0 aliphatic carbocycles. The molecule has 1 fully saturated rings. The molecular weight excluding hydrogens is 853 g/mol. The molecule has 2 aliphatic heterocycles. The third-order valence-electron chi connectivity index (χ3n) is 9.91. The molecule has 25 heteroatoms. The molecule has 4 aromatic rings. The molecule has 5 heterocycles. The van der Waals surface area contributed by atoms with Gasteiger partial charge in [0, 0.05) is 39.0 Å². The van der Waals surface area contributed by atoms with E-state index in [0.29, 0.717) is 104 Å². The Kier molecular flexibility index (Phi) is 16.0. The van der Waals surface area contributed by atoms with Crippen molar-refractivity contribution in [3.63, 3.8) is 0 Å². The molecule has 1 saturated heterocycles. The first-order chi connectivity index (χ1) is 30.3. The number of ether oxygens (including phenoxy) is 6. The van der Waals surface area contributed by atoms with Crippen molar-refractivity contribution in [2.24, 2.45) is 14.1 Å². The number of hydrogen-bond acceptors (Lipinski definition) is 18. The van der Waals surface area contributed by atoms with Gasteiger partial charge in [0.25, 0.3) is 17.4 Å². The Morgan fingerprint density at radius 3 is 2.00 bits per heavy atom. The molecule has 1 atom stereocenters. The van der Waals surface area contributed by atoms with E-state index in [4.69, 9.17) is 28.4 Å². The van der Waals surface area contributed by atoms with Gasteiger partial charge in [-0.3, -0.25) is 43.3 Å². The van der Waals surface area contributed by atoms with Gasteiger partial charge in [-0.15, -0.1) is 5.10 Å². The third kappa shape index (κ3) is 11.5. The highest BCUT2D eigenvalue weighted by molar-refractivity contribution is 7.90. The minimum absolute atomic E-state index is 0.0230. The van der Waals surface area contributed by atoms with Gasteiger partial charge >= 0.3 is 5.69 Å². The number of sulfone groups is 1. The lowest BCUT2D eigenvalue weighted by Gasteiger charge is -2.27. The summed E-state index contributed by atoms with van der Waals surface area (Å²) in [5.74, 6) is -2.23. The molecule has 0 saturated carbocycles. The van der Waals surface area contributed by atoms with E-state index in [2.05, 4.69) is 25.9 Å². The number of aromatic nitrogens is 7. The Morgan fingerprint density at radius 1 is 0.794 bits per heavy atom. The summed E-state index contributed by atoms with van der Waals surface area (Å²) in [6, 6.07) is 3.84. The highest BCUT2D eigenvalue weighted by atomic mass is 32.2. The number of nitrogens with one attached hydrogen (secondary N) is 2. The molecule has 63 heavy (non-hydrogen) atoms. The summed E-state index contributed by atoms with van der Waals surface area (Å²) in [7, 11) is -1.06. The normalized spacial score (nSPS) is 15.5. The largest absolute Gasteiger partial charge is 0.382 e. The standard InChI is InChI=1S/C38H50N10O14S/c1-44-31-32(41-37(44)63(3,55)56)47(38(54)45(2)36(31)53)24-25-23-46(43-42-25)10-12-58-14-16-60-18-20-62-22-21-61-19-17-59-15-13-57-11-9-39-27-6-4-5-26-30(27)35(52)48(34(26)51)28-7-8-29(49)40-33(28)50/h4-6,23,28,39H,7-22,24H2,1-3H3,(H,40,49,50). The lowest BCUT2D eigenvalue weighted by Crippen LogP contribution is -2.54. The molecule has 24 nitrogen and oxygen atoms in total. The number of hydrogen-bond donors (Lipinski definition) is 2. The van der Waals surface area contributed by atoms with Gasteiger partial charge in [0.05, 0.1) is 110 Å². The number of rotatable bonds is 26. The number of amides is 4. The van der Waals surface area contributed by atoms with Gasteiger partial charge < -0.3 is 38.3 Å². The maximum absolute atomic E-state index is 13.2. The average Bonchev–Trinajstić information content (AvgIpc) is 3.92. The number of anilines is 1. The van der Waals surface area contributed by atoms with Crippen LogP contribution < -0.4 is 21.9 Å². The molecular formula is C38H50N10O14S. The quantitative estimate of drug-likeness (QED) is 0.0514. The van der Waals surface area contributed by atoms with Crippen molar-refractivity contribution in [2.75, 3.05) is 97.4 Å². The van der Waals surface area contributed by atoms with Crippen molar-refractivity contribution >= 4 is 50.3 Å². The van der Waals surface area contributed by atoms with Gasteiger partial charge in [-0.2, -0.15) is 4.98 Å². The van der Waals surface area contributed by atoms with Crippen molar-refractivity contribution < 1.29 is 56.0 Å². The van der Waals surface area contributed by atoms with Crippen molar-refractivity contribution in [1.29, 1.82) is 0 Å². The second-order valence-electron chi connectivity index (χ2n) is 14.4. The summed E-state index contributed by atoms with van der Waals surface area (Å²) in [4.78, 5) is 80.7. The molecule has 1 aromatic carbocycles. The number of carbonyl (C=O) groups is 4. The summed E-state index contributed by atoms with van der Waals surface area (Å²) in [6.45, 7) is 4.97. The monoisotopic (exact) mass is 902 g/mol. The van der Waals surface area contributed by atoms with Crippen LogP contribution in [-0.4, -0.2) is 169 Å². The van der Waals surface area contributed by atoms with Crippen LogP contribution in [0, 0.1) is 0 Å². The van der Waals surface area contributed by atoms with Crippen molar-refractivity contribution in [3.8, 4) is 0 Å². The van der Waals surface area contributed by atoms with Crippen molar-refractivity contribution in [2.45, 2.75) is 37.1 Å². The Labute approximate surface area is 360 Å². The van der Waals surface area contributed by atoms with E-state index >= 15 is 0 Å². The maximum Gasteiger partial charge on any atom is 0.332 e. The minimum Gasteiger partial charge on any atom is -0.382 e. The van der Waals surface area contributed by atoms with E-state index in [-0.39, 0.29) is 46.8 Å². The fraction of sp³-hybridized carbons (Fsp3) is 0.553. The molecule has 1 unspecified atom stereocenters. The topological polar surface area (TPSA) is 278 Å². The van der Waals surface area contributed by atoms with Crippen LogP contribution in [0.5, 0.6) is 0 Å². The number of piperidine rings is 1. The number of imide groups is 2. The van der Waals surface area contributed by atoms with Crippen LogP contribution in [0.1, 0.15) is 39.3 Å². The fourth-order valence-corrected chi connectivity index (χ4v) is 7.69. The Hall–Kier alpha value is -5.70. The predicted molar refractivity (Wildman–Crippen MR) is 219 cm³/mol. The van der Waals surface area contributed by atoms with E-state index in [9.17, 15) is 37.2 Å². The average molecular weight is 903 g/mol. The van der Waals surface area contributed by atoms with Crippen LogP contribution in [0.2, 0.25) is 0 Å². The third-order valence-corrected chi connectivity index (χ3v) is 10.9. The first-order valence-electron chi connectivity index (χ1n) is 20.1. The lowest BCUT2D eigenvalue weighted by atomic mass is 10.0. The summed E-state index contributed by atoms with van der Waals surface area (Å²) in [5.41, 5.74) is -0.171. The zero-order chi connectivity index (χ0) is 45.1. The van der Waals surface area contributed by atoms with E-state index in [1.165, 1.54) is 29.4 Å². The Bertz CT molecular complexity index is 2530. The number of benzene rings is 1. The Morgan fingerprint density at radius 2 is 1.40 bits per heavy atom. The first kappa shape index (κ1) is 46.8. The van der Waals surface area contributed by atoms with Crippen molar-refractivity contribution in [3.05, 3.63) is 62.1 Å². The number of nitrogens with zero attached hydrogens (tertiary/aromatic N) is 8. The highest BCUT2D eigenvalue weighted by Crippen LogP contribution is 2.32. The van der Waals surface area contributed by atoms with Gasteiger partial charge in [0.15, 0.2) is 11.2 Å². The highest BCUT2D eigenvalue weighted by Gasteiger charge is 2.45. The smallest absolute Gasteiger partial charge is 0.332 e. The van der Waals surface area contributed by atoms with Gasteiger partial charge in [0.1, 0.15) is 11.7 Å². The van der Waals surface area contributed by atoms with E-state index in [1.807, 2.05) is 0 Å². The second kappa shape index (κ2) is 21.6. The second-order valence-corrected chi connectivity index (χ2v) is 16.3.